The fourth-order valence-corrected chi connectivity index (χ4v) is 2.07. The summed E-state index contributed by atoms with van der Waals surface area (Å²) in [6.07, 6.45) is 6.43. The van der Waals surface area contributed by atoms with Gasteiger partial charge in [-0.25, -0.2) is 9.97 Å². The summed E-state index contributed by atoms with van der Waals surface area (Å²) in [6.45, 7) is 4.16. The third-order valence-corrected chi connectivity index (χ3v) is 2.97. The number of aldehydes is 1. The first-order valence-corrected chi connectivity index (χ1v) is 5.88. The molecule has 4 heteroatoms. The van der Waals surface area contributed by atoms with Crippen molar-refractivity contribution in [1.82, 2.24) is 9.97 Å². The van der Waals surface area contributed by atoms with Gasteiger partial charge < -0.3 is 9.69 Å². The lowest BCUT2D eigenvalue weighted by Gasteiger charge is -2.16. The Hall–Kier alpha value is -1.45. The highest BCUT2D eigenvalue weighted by Gasteiger charge is 2.16. The number of carbonyl (C=O) groups excluding carboxylic acids is 1. The van der Waals surface area contributed by atoms with Gasteiger partial charge in [-0.05, 0) is 24.8 Å². The zero-order valence-electron chi connectivity index (χ0n) is 9.65. The minimum atomic E-state index is 0.420. The largest absolute Gasteiger partial charge is 0.341 e. The van der Waals surface area contributed by atoms with Crippen molar-refractivity contribution in [2.24, 2.45) is 0 Å². The van der Waals surface area contributed by atoms with Gasteiger partial charge in [0.25, 0.3) is 0 Å². The van der Waals surface area contributed by atoms with Crippen LogP contribution in [0.25, 0.3) is 0 Å². The van der Waals surface area contributed by atoms with Gasteiger partial charge in [-0.15, -0.1) is 0 Å². The summed E-state index contributed by atoms with van der Waals surface area (Å²) in [4.78, 5) is 21.6. The molecule has 1 aliphatic rings. The minimum Gasteiger partial charge on any atom is -0.341 e. The maximum absolute atomic E-state index is 10.5. The lowest BCUT2D eigenvalue weighted by atomic mass is 10.1. The highest BCUT2D eigenvalue weighted by molar-refractivity contribution is 5.55. The first kappa shape index (κ1) is 11.0. The van der Waals surface area contributed by atoms with Crippen LogP contribution in [0.4, 0.5) is 5.95 Å². The molecule has 0 amide bonds. The molecular weight excluding hydrogens is 202 g/mol. The number of carbonyl (C=O) groups is 1. The second-order valence-corrected chi connectivity index (χ2v) is 4.06. The van der Waals surface area contributed by atoms with Crippen LogP contribution in [0.15, 0.2) is 6.20 Å². The Kier molecular flexibility index (Phi) is 3.49. The van der Waals surface area contributed by atoms with Crippen molar-refractivity contribution in [2.45, 2.75) is 32.6 Å². The Morgan fingerprint density at radius 3 is 2.81 bits per heavy atom. The van der Waals surface area contributed by atoms with Gasteiger partial charge in [-0.2, -0.15) is 0 Å². The van der Waals surface area contributed by atoms with E-state index in [1.54, 1.807) is 6.20 Å². The third kappa shape index (κ3) is 2.21. The van der Waals surface area contributed by atoms with E-state index in [0.717, 1.165) is 43.0 Å². The first-order valence-electron chi connectivity index (χ1n) is 5.88. The summed E-state index contributed by atoms with van der Waals surface area (Å²) in [5.41, 5.74) is 1.96. The van der Waals surface area contributed by atoms with Crippen molar-refractivity contribution in [3.8, 4) is 0 Å². The standard InChI is InChI=1S/C12H17N3O/c1-2-11-10(5-8-16)9-13-12(14-11)15-6-3-4-7-15/h8-9H,2-7H2,1H3. The molecule has 1 fully saturated rings. The predicted octanol–water partition coefficient (Wildman–Crippen LogP) is 1.38. The maximum atomic E-state index is 10.5. The Morgan fingerprint density at radius 1 is 1.44 bits per heavy atom. The number of rotatable bonds is 4. The third-order valence-electron chi connectivity index (χ3n) is 2.97. The van der Waals surface area contributed by atoms with Crippen molar-refractivity contribution in [1.29, 1.82) is 0 Å². The molecule has 1 aromatic rings. The van der Waals surface area contributed by atoms with Crippen molar-refractivity contribution in [2.75, 3.05) is 18.0 Å². The van der Waals surface area contributed by atoms with E-state index in [1.165, 1.54) is 12.8 Å². The molecule has 0 aromatic carbocycles. The summed E-state index contributed by atoms with van der Waals surface area (Å²) in [6, 6.07) is 0. The van der Waals surface area contributed by atoms with E-state index in [1.807, 2.05) is 0 Å². The molecule has 1 aliphatic heterocycles. The average Bonchev–Trinajstić information content (AvgIpc) is 2.83. The van der Waals surface area contributed by atoms with Gasteiger partial charge in [0.15, 0.2) is 0 Å². The molecule has 0 aliphatic carbocycles. The van der Waals surface area contributed by atoms with Crippen LogP contribution in [0.1, 0.15) is 31.0 Å². The van der Waals surface area contributed by atoms with E-state index >= 15 is 0 Å². The van der Waals surface area contributed by atoms with Gasteiger partial charge in [-0.3, -0.25) is 0 Å². The topological polar surface area (TPSA) is 46.1 Å². The van der Waals surface area contributed by atoms with Crippen LogP contribution in [0.5, 0.6) is 0 Å². The van der Waals surface area contributed by atoms with E-state index < -0.39 is 0 Å². The van der Waals surface area contributed by atoms with E-state index in [-0.39, 0.29) is 0 Å². The number of aryl methyl sites for hydroxylation is 1. The van der Waals surface area contributed by atoms with Gasteiger partial charge in [0.2, 0.25) is 5.95 Å². The number of hydrogen-bond donors (Lipinski definition) is 0. The van der Waals surface area contributed by atoms with E-state index in [4.69, 9.17) is 0 Å². The molecule has 0 N–H and O–H groups in total. The number of hydrogen-bond acceptors (Lipinski definition) is 4. The van der Waals surface area contributed by atoms with Gasteiger partial charge in [0.1, 0.15) is 6.29 Å². The van der Waals surface area contributed by atoms with Crippen LogP contribution in [0.2, 0.25) is 0 Å². The van der Waals surface area contributed by atoms with Gasteiger partial charge in [0, 0.05) is 31.4 Å². The van der Waals surface area contributed by atoms with Crippen molar-refractivity contribution in [3.63, 3.8) is 0 Å². The maximum Gasteiger partial charge on any atom is 0.225 e. The predicted molar refractivity (Wildman–Crippen MR) is 62.6 cm³/mol. The average molecular weight is 219 g/mol. The molecule has 1 aromatic heterocycles. The summed E-state index contributed by atoms with van der Waals surface area (Å²) >= 11 is 0. The van der Waals surface area contributed by atoms with Crippen LogP contribution < -0.4 is 4.90 Å². The van der Waals surface area contributed by atoms with Crippen LogP contribution in [0, 0.1) is 0 Å². The molecule has 86 valence electrons. The highest BCUT2D eigenvalue weighted by Crippen LogP contribution is 2.17. The SMILES string of the molecule is CCc1nc(N2CCCC2)ncc1CC=O. The van der Waals surface area contributed by atoms with Crippen LogP contribution >= 0.6 is 0 Å². The Bertz CT molecular complexity index is 373. The number of anilines is 1. The molecule has 16 heavy (non-hydrogen) atoms. The molecule has 0 radical (unpaired) electrons. The first-order chi connectivity index (χ1) is 7.85. The molecule has 1 saturated heterocycles. The molecule has 4 nitrogen and oxygen atoms in total. The molecule has 0 unspecified atom stereocenters. The minimum absolute atomic E-state index is 0.420. The fraction of sp³-hybridized carbons (Fsp3) is 0.583. The number of aromatic nitrogens is 2. The van der Waals surface area contributed by atoms with Crippen molar-refractivity contribution < 1.29 is 4.79 Å². The lowest BCUT2D eigenvalue weighted by Crippen LogP contribution is -2.21. The van der Waals surface area contributed by atoms with Crippen LogP contribution in [-0.4, -0.2) is 29.3 Å². The van der Waals surface area contributed by atoms with Crippen LogP contribution in [0.3, 0.4) is 0 Å². The molecule has 0 spiro atoms. The summed E-state index contributed by atoms with van der Waals surface area (Å²) in [5, 5.41) is 0. The molecule has 2 rings (SSSR count). The zero-order chi connectivity index (χ0) is 11.4. The van der Waals surface area contributed by atoms with Crippen LogP contribution in [-0.2, 0) is 17.6 Å². The quantitative estimate of drug-likeness (QED) is 0.718. The molecule has 0 bridgehead atoms. The Morgan fingerprint density at radius 2 is 2.19 bits per heavy atom. The van der Waals surface area contributed by atoms with E-state index in [2.05, 4.69) is 21.8 Å². The smallest absolute Gasteiger partial charge is 0.225 e. The lowest BCUT2D eigenvalue weighted by molar-refractivity contribution is -0.107. The normalized spacial score (nSPS) is 15.4. The molecule has 0 saturated carbocycles. The highest BCUT2D eigenvalue weighted by atomic mass is 16.1. The summed E-state index contributed by atoms with van der Waals surface area (Å²) in [7, 11) is 0. The number of nitrogens with zero attached hydrogens (tertiary/aromatic N) is 3. The van der Waals surface area contributed by atoms with Gasteiger partial charge in [0.05, 0.1) is 0 Å². The van der Waals surface area contributed by atoms with Crippen molar-refractivity contribution in [3.05, 3.63) is 17.5 Å². The molecule has 0 atom stereocenters. The Balaban J connectivity index is 2.24. The second kappa shape index (κ2) is 5.05. The van der Waals surface area contributed by atoms with Crippen molar-refractivity contribution >= 4 is 12.2 Å². The van der Waals surface area contributed by atoms with Gasteiger partial charge >= 0.3 is 0 Å². The molecule has 2 heterocycles. The van der Waals surface area contributed by atoms with E-state index in [9.17, 15) is 4.79 Å². The van der Waals surface area contributed by atoms with E-state index in [0.29, 0.717) is 6.42 Å². The fourth-order valence-electron chi connectivity index (χ4n) is 2.07. The van der Waals surface area contributed by atoms with Gasteiger partial charge in [-0.1, -0.05) is 6.92 Å². The zero-order valence-corrected chi connectivity index (χ0v) is 9.65. The summed E-state index contributed by atoms with van der Waals surface area (Å²) < 4.78 is 0. The second-order valence-electron chi connectivity index (χ2n) is 4.06. The monoisotopic (exact) mass is 219 g/mol. The Labute approximate surface area is 95.7 Å². The molecular formula is C12H17N3O. The summed E-state index contributed by atoms with van der Waals surface area (Å²) in [5.74, 6) is 0.823.